The summed E-state index contributed by atoms with van der Waals surface area (Å²) in [6.07, 6.45) is 1.84. The fraction of sp³-hybridized carbons (Fsp3) is 0.810. The Morgan fingerprint density at radius 2 is 1.47 bits per heavy atom. The third-order valence-corrected chi connectivity index (χ3v) is 4.36. The minimum atomic E-state index is -1.34. The number of nitrogens with one attached hydrogen (secondary N) is 2. The highest BCUT2D eigenvalue weighted by molar-refractivity contribution is 5.78. The van der Waals surface area contributed by atoms with Crippen LogP contribution in [0.15, 0.2) is 0 Å². The van der Waals surface area contributed by atoms with Crippen LogP contribution in [0.4, 0.5) is 9.59 Å². The third-order valence-electron chi connectivity index (χ3n) is 4.36. The highest BCUT2D eigenvalue weighted by Crippen LogP contribution is 2.21. The lowest BCUT2D eigenvalue weighted by atomic mass is 9.93. The summed E-state index contributed by atoms with van der Waals surface area (Å²) in [4.78, 5) is 46.6. The third kappa shape index (κ3) is 15.3. The van der Waals surface area contributed by atoms with Gasteiger partial charge in [0.2, 0.25) is 0 Å². The van der Waals surface area contributed by atoms with Crippen molar-refractivity contribution in [3.05, 3.63) is 0 Å². The number of unbranched alkanes of at least 4 members (excludes halogenated alkanes) is 2. The average Bonchev–Trinajstić information content (AvgIpc) is 2.71. The van der Waals surface area contributed by atoms with Gasteiger partial charge in [0, 0.05) is 26.9 Å². The van der Waals surface area contributed by atoms with Crippen molar-refractivity contribution in [1.29, 1.82) is 0 Å². The lowest BCUT2D eigenvalue weighted by molar-refractivity contribution is -0.870. The van der Waals surface area contributed by atoms with Gasteiger partial charge < -0.3 is 34.1 Å². The van der Waals surface area contributed by atoms with Crippen LogP contribution in [0.3, 0.4) is 0 Å². The molecule has 0 aromatic heterocycles. The number of urea groups is 1. The van der Waals surface area contributed by atoms with Crippen molar-refractivity contribution >= 4 is 24.1 Å². The number of amides is 2. The largest absolute Gasteiger partial charge is 0.508 e. The van der Waals surface area contributed by atoms with E-state index in [2.05, 4.69) is 10.6 Å². The van der Waals surface area contributed by atoms with Crippen LogP contribution in [0.2, 0.25) is 0 Å². The number of carbonyl (C=O) groups is 4. The quantitative estimate of drug-likeness (QED) is 0.162. The number of hydrogen-bond donors (Lipinski definition) is 2. The number of carbonyl (C=O) groups excluding carboxylic acids is 4. The monoisotopic (exact) mass is 462 g/mol. The van der Waals surface area contributed by atoms with E-state index in [1.807, 2.05) is 21.1 Å². The van der Waals surface area contributed by atoms with Gasteiger partial charge in [0.1, 0.15) is 18.6 Å². The zero-order chi connectivity index (χ0) is 24.6. The molecule has 1 atom stereocenters. The average molecular weight is 463 g/mol. The molecular weight excluding hydrogens is 422 g/mol. The zero-order valence-electron chi connectivity index (χ0n) is 20.3. The molecule has 0 bridgehead atoms. The van der Waals surface area contributed by atoms with Gasteiger partial charge in [-0.3, -0.25) is 9.59 Å². The van der Waals surface area contributed by atoms with E-state index in [4.69, 9.17) is 18.9 Å². The minimum Gasteiger partial charge on any atom is -0.465 e. The predicted molar refractivity (Wildman–Crippen MR) is 117 cm³/mol. The van der Waals surface area contributed by atoms with Crippen molar-refractivity contribution in [3.63, 3.8) is 0 Å². The standard InChI is InChI=1S/C21H39N3O8/c1-17(25)31-15-21(2,18(26)29-14-10-12-24(4,5)6)16-32-20(28)30-13-9-7-8-11-23-19(27)22-3/h7-16H2,1-6H3,(H-,22,23,27)/p+1. The van der Waals surface area contributed by atoms with Crippen LogP contribution < -0.4 is 10.6 Å². The summed E-state index contributed by atoms with van der Waals surface area (Å²) in [5.41, 5.74) is -1.34. The van der Waals surface area contributed by atoms with E-state index < -0.39 is 23.5 Å². The molecule has 0 aliphatic carbocycles. The molecule has 186 valence electrons. The Morgan fingerprint density at radius 1 is 0.844 bits per heavy atom. The maximum absolute atomic E-state index is 12.6. The van der Waals surface area contributed by atoms with Crippen LogP contribution in [0.5, 0.6) is 0 Å². The van der Waals surface area contributed by atoms with Gasteiger partial charge in [-0.05, 0) is 26.2 Å². The maximum atomic E-state index is 12.6. The molecule has 0 spiro atoms. The van der Waals surface area contributed by atoms with Gasteiger partial charge in [0.25, 0.3) is 0 Å². The van der Waals surface area contributed by atoms with Gasteiger partial charge in [-0.1, -0.05) is 0 Å². The molecule has 32 heavy (non-hydrogen) atoms. The summed E-state index contributed by atoms with van der Waals surface area (Å²) in [6.45, 7) is 3.81. The zero-order valence-corrected chi connectivity index (χ0v) is 20.3. The molecule has 0 aromatic rings. The molecule has 2 N–H and O–H groups in total. The van der Waals surface area contributed by atoms with Crippen molar-refractivity contribution in [2.24, 2.45) is 5.41 Å². The molecule has 0 fully saturated rings. The van der Waals surface area contributed by atoms with Crippen molar-refractivity contribution in [2.45, 2.75) is 39.5 Å². The van der Waals surface area contributed by atoms with E-state index >= 15 is 0 Å². The molecule has 0 saturated carbocycles. The molecule has 0 rings (SSSR count). The second kappa shape index (κ2) is 15.3. The summed E-state index contributed by atoms with van der Waals surface area (Å²) in [5, 5.41) is 5.12. The molecule has 0 heterocycles. The van der Waals surface area contributed by atoms with Crippen molar-refractivity contribution < 1.29 is 42.6 Å². The Hall–Kier alpha value is -2.56. The topological polar surface area (TPSA) is 129 Å². The molecule has 0 saturated heterocycles. The first-order valence-electron chi connectivity index (χ1n) is 10.8. The molecular formula is C21H40N3O8+. The molecule has 11 heteroatoms. The first-order chi connectivity index (χ1) is 14.9. The van der Waals surface area contributed by atoms with Crippen LogP contribution in [0.1, 0.15) is 39.5 Å². The Kier molecular flexibility index (Phi) is 14.1. The number of hydrogen-bond acceptors (Lipinski definition) is 8. The SMILES string of the molecule is CNC(=O)NCCCCCOC(=O)OCC(C)(COC(C)=O)C(=O)OCCC[N+](C)(C)C. The molecule has 0 aliphatic heterocycles. The number of nitrogens with zero attached hydrogens (tertiary/aromatic N) is 1. The Morgan fingerprint density at radius 3 is 2.06 bits per heavy atom. The number of ether oxygens (including phenoxy) is 4. The summed E-state index contributed by atoms with van der Waals surface area (Å²) >= 11 is 0. The second-order valence-electron chi connectivity index (χ2n) is 8.80. The van der Waals surface area contributed by atoms with E-state index in [1.54, 1.807) is 0 Å². The number of rotatable bonds is 15. The lowest BCUT2D eigenvalue weighted by Gasteiger charge is -2.27. The van der Waals surface area contributed by atoms with Gasteiger partial charge in [-0.15, -0.1) is 0 Å². The van der Waals surface area contributed by atoms with Gasteiger partial charge in [0.05, 0.1) is 40.9 Å². The van der Waals surface area contributed by atoms with Crippen LogP contribution in [0.25, 0.3) is 0 Å². The first kappa shape index (κ1) is 29.4. The highest BCUT2D eigenvalue weighted by Gasteiger charge is 2.38. The van der Waals surface area contributed by atoms with Crippen LogP contribution in [-0.4, -0.2) is 96.3 Å². The van der Waals surface area contributed by atoms with Gasteiger partial charge >= 0.3 is 24.1 Å². The highest BCUT2D eigenvalue weighted by atomic mass is 16.7. The number of esters is 2. The van der Waals surface area contributed by atoms with Crippen molar-refractivity contribution in [1.82, 2.24) is 10.6 Å². The smallest absolute Gasteiger partial charge is 0.465 e. The van der Waals surface area contributed by atoms with E-state index in [-0.39, 0.29) is 32.5 Å². The molecule has 2 amide bonds. The normalized spacial score (nSPS) is 12.8. The predicted octanol–water partition coefficient (Wildman–Crippen LogP) is 1.45. The molecule has 1 unspecified atom stereocenters. The van der Waals surface area contributed by atoms with Gasteiger partial charge in [-0.2, -0.15) is 0 Å². The Labute approximate surface area is 190 Å². The van der Waals surface area contributed by atoms with Crippen molar-refractivity contribution in [2.75, 3.05) is 67.7 Å². The summed E-state index contributed by atoms with van der Waals surface area (Å²) in [7, 11) is 7.65. The van der Waals surface area contributed by atoms with Crippen LogP contribution in [-0.2, 0) is 28.5 Å². The van der Waals surface area contributed by atoms with Crippen molar-refractivity contribution in [3.8, 4) is 0 Å². The fourth-order valence-electron chi connectivity index (χ4n) is 2.41. The van der Waals surface area contributed by atoms with E-state index in [0.29, 0.717) is 19.4 Å². The molecule has 0 aliphatic rings. The Bertz CT molecular complexity index is 606. The van der Waals surface area contributed by atoms with Crippen LogP contribution >= 0.6 is 0 Å². The van der Waals surface area contributed by atoms with Gasteiger partial charge in [0.15, 0.2) is 0 Å². The number of quaternary nitrogens is 1. The summed E-state index contributed by atoms with van der Waals surface area (Å²) in [5.74, 6) is -1.17. The minimum absolute atomic E-state index is 0.148. The summed E-state index contributed by atoms with van der Waals surface area (Å²) < 4.78 is 21.1. The van der Waals surface area contributed by atoms with E-state index in [0.717, 1.165) is 23.9 Å². The lowest BCUT2D eigenvalue weighted by Crippen LogP contribution is -2.41. The van der Waals surface area contributed by atoms with Gasteiger partial charge in [-0.25, -0.2) is 9.59 Å². The summed E-state index contributed by atoms with van der Waals surface area (Å²) in [6, 6.07) is -0.242. The molecule has 0 radical (unpaired) electrons. The molecule has 0 aromatic carbocycles. The van der Waals surface area contributed by atoms with E-state index in [1.165, 1.54) is 20.9 Å². The maximum Gasteiger partial charge on any atom is 0.508 e. The van der Waals surface area contributed by atoms with E-state index in [9.17, 15) is 19.2 Å². The fourth-order valence-corrected chi connectivity index (χ4v) is 2.41. The van der Waals surface area contributed by atoms with Crippen LogP contribution in [0, 0.1) is 5.41 Å². The first-order valence-corrected chi connectivity index (χ1v) is 10.8. The Balaban J connectivity index is 4.37. The second-order valence-corrected chi connectivity index (χ2v) is 8.80. The molecule has 11 nitrogen and oxygen atoms in total.